The van der Waals surface area contributed by atoms with Crippen LogP contribution in [0.4, 0.5) is 0 Å². The molecule has 0 unspecified atom stereocenters. The fourth-order valence-corrected chi connectivity index (χ4v) is 15.5. The highest BCUT2D eigenvalue weighted by molar-refractivity contribution is 6.30. The molecule has 8 atom stereocenters. The van der Waals surface area contributed by atoms with Crippen LogP contribution in [0.1, 0.15) is 138 Å². The van der Waals surface area contributed by atoms with Crippen molar-refractivity contribution < 1.29 is 58.2 Å². The van der Waals surface area contributed by atoms with Gasteiger partial charge in [-0.25, -0.2) is 0 Å². The van der Waals surface area contributed by atoms with E-state index in [9.17, 15) is 58.2 Å². The van der Waals surface area contributed by atoms with Crippen LogP contribution in [-0.4, -0.2) is 129 Å². The SMILES string of the molecule is CC(C)(N)C(C)(C)C(=O)N[C@@H](Cc1c[nH]c2ccc(O)cc12)C(=O)C[C@@H](Cc1ccc(Cl)cc1)C(=O)N[C@@H](Cc1cccnc1)C(=O)C[C@H](CC1=CCc2ccccc21)C(N)=O.CC(C)(N)C(C)(C)C(=O)N[C@@H](Cc1c[nH]c2ccc(O)cc12)C(=O)C[C@@H](Cc1ccc(Cl)cc1)C(=O)N[C@@H](Cc1cccnc1)C(=O)C[C@H](Cc1c[nH]c2ccccc12)C(N)=O. The molecule has 0 aliphatic heterocycles. The first-order valence-corrected chi connectivity index (χ1v) is 42.2. The third kappa shape index (κ3) is 23.7. The van der Waals surface area contributed by atoms with Crippen LogP contribution in [0, 0.1) is 34.5 Å². The van der Waals surface area contributed by atoms with E-state index in [1.165, 1.54) is 0 Å². The lowest BCUT2D eigenvalue weighted by Crippen LogP contribution is -2.58. The number of ketones is 4. The number of primary amides is 2. The van der Waals surface area contributed by atoms with Gasteiger partial charge in [-0.15, -0.1) is 0 Å². The fraction of sp³-hybridized carbons (Fsp3) is 0.340. The lowest BCUT2D eigenvalue weighted by Gasteiger charge is -2.38. The normalized spacial score (nSPS) is 14.2. The van der Waals surface area contributed by atoms with Crippen molar-refractivity contribution in [2.75, 3.05) is 0 Å². The van der Waals surface area contributed by atoms with Gasteiger partial charge in [-0.2, -0.15) is 0 Å². The highest BCUT2D eigenvalue weighted by Gasteiger charge is 2.45. The number of nitrogens with two attached hydrogens (primary N) is 4. The van der Waals surface area contributed by atoms with Crippen molar-refractivity contribution in [1.29, 1.82) is 0 Å². The molecular formula is C97H109Cl2N13O12. The molecule has 0 saturated heterocycles. The number of aromatic amines is 3. The summed E-state index contributed by atoms with van der Waals surface area (Å²) in [5.41, 5.74) is 30.9. The Morgan fingerprint density at radius 3 is 1.20 bits per heavy atom. The number of amides is 6. The number of nitrogens with zero attached hydrogens (tertiary/aromatic N) is 2. The van der Waals surface area contributed by atoms with Gasteiger partial charge in [0, 0.05) is 172 Å². The van der Waals surface area contributed by atoms with Gasteiger partial charge in [0.05, 0.1) is 35.0 Å². The number of benzene rings is 6. The minimum atomic E-state index is -1.11. The number of hydrogen-bond donors (Lipinski definition) is 13. The van der Waals surface area contributed by atoms with Crippen LogP contribution in [0.25, 0.3) is 38.3 Å². The zero-order chi connectivity index (χ0) is 89.5. The smallest absolute Gasteiger partial charge is 0.228 e. The van der Waals surface area contributed by atoms with E-state index in [2.05, 4.69) is 46.2 Å². The van der Waals surface area contributed by atoms with Gasteiger partial charge in [0.2, 0.25) is 35.4 Å². The average molecular weight is 1720 g/mol. The predicted octanol–water partition coefficient (Wildman–Crippen LogP) is 12.4. The number of para-hydroxylation sites is 1. The summed E-state index contributed by atoms with van der Waals surface area (Å²) in [6.45, 7) is 13.7. The van der Waals surface area contributed by atoms with Gasteiger partial charge in [0.25, 0.3) is 0 Å². The average Bonchev–Trinajstić information content (AvgIpc) is 1.28. The minimum absolute atomic E-state index is 0.0338. The molecule has 6 aromatic carbocycles. The lowest BCUT2D eigenvalue weighted by atomic mass is 9.74. The van der Waals surface area contributed by atoms with Crippen LogP contribution in [-0.2, 0) is 99.3 Å². The number of halogens is 2. The van der Waals surface area contributed by atoms with Gasteiger partial charge < -0.3 is 69.4 Å². The third-order valence-electron chi connectivity index (χ3n) is 24.5. The molecule has 0 bridgehead atoms. The molecular weight excluding hydrogens is 1610 g/mol. The zero-order valence-corrected chi connectivity index (χ0v) is 72.4. The molecule has 0 radical (unpaired) electrons. The molecule has 0 spiro atoms. The Morgan fingerprint density at radius 2 is 0.790 bits per heavy atom. The molecule has 1 aliphatic rings. The molecule has 0 fully saturated rings. The molecule has 648 valence electrons. The summed E-state index contributed by atoms with van der Waals surface area (Å²) in [7, 11) is 0. The van der Waals surface area contributed by atoms with Crippen molar-refractivity contribution in [2.24, 2.45) is 57.4 Å². The molecule has 11 aromatic rings. The number of phenols is 2. The van der Waals surface area contributed by atoms with Gasteiger partial charge in [-0.1, -0.05) is 108 Å². The number of Topliss-reactive ketones (excluding diaryl/α,β-unsaturated/α-hetero) is 4. The number of pyridine rings is 2. The highest BCUT2D eigenvalue weighted by atomic mass is 35.5. The van der Waals surface area contributed by atoms with Gasteiger partial charge in [0.1, 0.15) is 11.5 Å². The summed E-state index contributed by atoms with van der Waals surface area (Å²) >= 11 is 12.4. The van der Waals surface area contributed by atoms with Gasteiger partial charge in [-0.05, 0) is 222 Å². The maximum atomic E-state index is 14.7. The van der Waals surface area contributed by atoms with Crippen LogP contribution >= 0.6 is 23.2 Å². The number of carbonyl (C=O) groups is 10. The summed E-state index contributed by atoms with van der Waals surface area (Å²) in [4.78, 5) is 159. The topological polar surface area (TPSA) is 437 Å². The Hall–Kier alpha value is -12.4. The predicted molar refractivity (Wildman–Crippen MR) is 481 cm³/mol. The number of phenolic OH excluding ortho intramolecular Hbond substituents is 2. The van der Waals surface area contributed by atoms with Crippen molar-refractivity contribution in [3.63, 3.8) is 0 Å². The Kier molecular flexibility index (Phi) is 30.0. The lowest BCUT2D eigenvalue weighted by molar-refractivity contribution is -0.137. The van der Waals surface area contributed by atoms with Crippen LogP contribution in [0.15, 0.2) is 207 Å². The molecule has 5 heterocycles. The number of fused-ring (bicyclic) bond motifs is 4. The molecule has 1 aliphatic carbocycles. The Bertz CT molecular complexity index is 5730. The van der Waals surface area contributed by atoms with E-state index < -0.39 is 128 Å². The van der Waals surface area contributed by atoms with E-state index >= 15 is 0 Å². The van der Waals surface area contributed by atoms with E-state index in [0.29, 0.717) is 48.6 Å². The highest BCUT2D eigenvalue weighted by Crippen LogP contribution is 2.36. The zero-order valence-electron chi connectivity index (χ0n) is 70.9. The quantitative estimate of drug-likeness (QED) is 0.0170. The molecule has 6 amide bonds. The summed E-state index contributed by atoms with van der Waals surface area (Å²) in [6, 6.07) is 41.6. The van der Waals surface area contributed by atoms with E-state index in [1.807, 2.05) is 54.6 Å². The first-order valence-electron chi connectivity index (χ1n) is 41.5. The molecule has 25 nitrogen and oxygen atoms in total. The second-order valence-electron chi connectivity index (χ2n) is 34.8. The van der Waals surface area contributed by atoms with Crippen LogP contribution in [0.5, 0.6) is 11.5 Å². The summed E-state index contributed by atoms with van der Waals surface area (Å²) in [5, 5.41) is 35.6. The maximum absolute atomic E-state index is 14.7. The van der Waals surface area contributed by atoms with E-state index in [-0.39, 0.29) is 88.5 Å². The first kappa shape index (κ1) is 92.3. The molecule has 0 saturated carbocycles. The summed E-state index contributed by atoms with van der Waals surface area (Å²) < 4.78 is 0. The molecule has 12 rings (SSSR count). The van der Waals surface area contributed by atoms with Crippen molar-refractivity contribution in [1.82, 2.24) is 46.2 Å². The number of rotatable bonds is 40. The number of hydrogen-bond acceptors (Lipinski definition) is 16. The van der Waals surface area contributed by atoms with Gasteiger partial charge in [0.15, 0.2) is 23.1 Å². The van der Waals surface area contributed by atoms with Crippen LogP contribution < -0.4 is 44.2 Å². The number of carbonyl (C=O) groups excluding carboxylic acids is 10. The third-order valence-corrected chi connectivity index (χ3v) is 25.0. The minimum Gasteiger partial charge on any atom is -0.508 e. The second-order valence-corrected chi connectivity index (χ2v) is 35.7. The Labute approximate surface area is 730 Å². The van der Waals surface area contributed by atoms with E-state index in [1.54, 1.807) is 208 Å². The Balaban J connectivity index is 0.000000241. The van der Waals surface area contributed by atoms with Crippen LogP contribution in [0.3, 0.4) is 0 Å². The van der Waals surface area contributed by atoms with Crippen molar-refractivity contribution in [3.8, 4) is 11.5 Å². The standard InChI is InChI=1S/C49H55ClN6O6.C48H54ClN7O6/c1-48(2,49(3,4)52)47(62)56-42(23-35-28-54-40-18-17-37(57)26-39(35)40)44(59)25-34(20-29-11-15-36(50)16-12-29)46(61)55-41(21-30-8-7-19-53-27-30)43(58)24-33(45(51)60)22-32-14-13-31-9-5-6-10-38(31)32;1-47(2,48(3,4)51)46(62)56-41(21-33-27-54-39-16-15-35(57)24-37(33)39)43(59)23-31(18-28-11-13-34(49)14-12-28)45(61)55-40(19-29-8-7-17-52-25-29)42(58)22-30(44(50)60)20-32-26-53-38-10-6-5-9-36(32)38/h5-12,14-19,26-28,33-34,41-42,54,57H,13,20-25,52H2,1-4H3,(H2,51,60)(H,55,61)(H,56,62);5-17,24-27,30-31,40-41,53-54,57H,18-23,51H2,1-4H3,(H2,50,60)(H,55,61)(H,56,62)/t33-,34+,41-,42-;30-,31+,40-,41-/m00/s1. The van der Waals surface area contributed by atoms with Crippen molar-refractivity contribution >= 4 is 120 Å². The van der Waals surface area contributed by atoms with Crippen molar-refractivity contribution in [2.45, 2.75) is 174 Å². The van der Waals surface area contributed by atoms with Crippen LogP contribution in [0.2, 0.25) is 10.0 Å². The fourth-order valence-electron chi connectivity index (χ4n) is 15.2. The molecule has 5 aromatic heterocycles. The monoisotopic (exact) mass is 1720 g/mol. The number of allylic oxidation sites excluding steroid dienone is 2. The summed E-state index contributed by atoms with van der Waals surface area (Å²) in [6.07, 6.45) is 14.2. The second kappa shape index (κ2) is 40.3. The number of aromatic hydroxyl groups is 2. The van der Waals surface area contributed by atoms with Gasteiger partial charge in [-0.3, -0.25) is 57.9 Å². The van der Waals surface area contributed by atoms with E-state index in [0.717, 1.165) is 56.2 Å². The van der Waals surface area contributed by atoms with Gasteiger partial charge >= 0.3 is 0 Å². The van der Waals surface area contributed by atoms with E-state index in [4.69, 9.17) is 46.1 Å². The maximum Gasteiger partial charge on any atom is 0.228 e. The first-order chi connectivity index (χ1) is 58.8. The number of H-pyrrole nitrogens is 3. The molecule has 17 N–H and O–H groups in total. The molecule has 124 heavy (non-hydrogen) atoms. The summed E-state index contributed by atoms with van der Waals surface area (Å²) in [5.74, 6) is -8.66. The Morgan fingerprint density at radius 1 is 0.411 bits per heavy atom. The number of nitrogens with one attached hydrogen (secondary N) is 7. The van der Waals surface area contributed by atoms with Crippen molar-refractivity contribution in [3.05, 3.63) is 267 Å². The molecule has 27 heteroatoms. The largest absolute Gasteiger partial charge is 0.508 e. The number of aromatic nitrogens is 5.